The van der Waals surface area contributed by atoms with E-state index in [1.165, 1.54) is 4.68 Å². The number of hydrogen-bond donors (Lipinski definition) is 1. The molecule has 0 amide bonds. The predicted octanol–water partition coefficient (Wildman–Crippen LogP) is 2.17. The fourth-order valence-corrected chi connectivity index (χ4v) is 2.53. The summed E-state index contributed by atoms with van der Waals surface area (Å²) in [7, 11) is 0. The highest BCUT2D eigenvalue weighted by molar-refractivity contribution is 6.03. The maximum absolute atomic E-state index is 12.4. The van der Waals surface area contributed by atoms with Crippen LogP contribution in [0.2, 0.25) is 0 Å². The third kappa shape index (κ3) is 3.35. The van der Waals surface area contributed by atoms with E-state index in [0.29, 0.717) is 29.4 Å². The van der Waals surface area contributed by atoms with Gasteiger partial charge in [-0.3, -0.25) is 9.59 Å². The largest absolute Gasteiger partial charge is 0.452 e. The Hall–Kier alpha value is -3.22. The van der Waals surface area contributed by atoms with Crippen LogP contribution in [-0.4, -0.2) is 33.1 Å². The number of carbonyl (C=O) groups excluding carboxylic acids is 2. The molecule has 0 aliphatic rings. The van der Waals surface area contributed by atoms with Crippen molar-refractivity contribution in [3.63, 3.8) is 0 Å². The number of nitrogens with one attached hydrogen (secondary N) is 1. The lowest BCUT2D eigenvalue weighted by Crippen LogP contribution is -2.27. The van der Waals surface area contributed by atoms with Crippen LogP contribution in [0.25, 0.3) is 10.8 Å². The topological polar surface area (TPSA) is 94.1 Å². The summed E-state index contributed by atoms with van der Waals surface area (Å²) in [6, 6.07) is 10.0. The van der Waals surface area contributed by atoms with Crippen LogP contribution < -0.4 is 5.56 Å². The lowest BCUT2D eigenvalue weighted by atomic mass is 10.1. The number of aromatic amines is 1. The molecule has 1 aromatic carbocycles. The Bertz CT molecular complexity index is 974. The summed E-state index contributed by atoms with van der Waals surface area (Å²) in [5, 5.41) is 4.95. The number of nitrogens with zero attached hydrogens (tertiary/aromatic N) is 2. The smallest absolute Gasteiger partial charge is 0.359 e. The van der Waals surface area contributed by atoms with Crippen LogP contribution in [0, 0.1) is 0 Å². The van der Waals surface area contributed by atoms with E-state index in [4.69, 9.17) is 4.74 Å². The highest BCUT2D eigenvalue weighted by Gasteiger charge is 2.19. The molecule has 0 spiro atoms. The van der Waals surface area contributed by atoms with Crippen molar-refractivity contribution in [1.29, 1.82) is 0 Å². The average molecular weight is 339 g/mol. The molecule has 0 aliphatic heterocycles. The zero-order valence-corrected chi connectivity index (χ0v) is 13.7. The highest BCUT2D eigenvalue weighted by Crippen LogP contribution is 2.14. The van der Waals surface area contributed by atoms with Crippen LogP contribution >= 0.6 is 0 Å². The third-order valence-corrected chi connectivity index (χ3v) is 3.73. The number of rotatable bonds is 6. The molecule has 2 heterocycles. The number of carbonyl (C=O) groups is 2. The molecular weight excluding hydrogens is 322 g/mol. The summed E-state index contributed by atoms with van der Waals surface area (Å²) >= 11 is 0. The molecule has 7 heteroatoms. The van der Waals surface area contributed by atoms with Crippen molar-refractivity contribution >= 4 is 22.5 Å². The minimum atomic E-state index is -0.735. The Kier molecular flexibility index (Phi) is 4.74. The van der Waals surface area contributed by atoms with Crippen molar-refractivity contribution < 1.29 is 14.3 Å². The van der Waals surface area contributed by atoms with Gasteiger partial charge in [0.05, 0.1) is 11.1 Å². The van der Waals surface area contributed by atoms with Gasteiger partial charge >= 0.3 is 5.97 Å². The number of ketones is 1. The summed E-state index contributed by atoms with van der Waals surface area (Å²) in [5.74, 6) is -1.08. The zero-order valence-electron chi connectivity index (χ0n) is 13.7. The van der Waals surface area contributed by atoms with Crippen LogP contribution in [0.3, 0.4) is 0 Å². The predicted molar refractivity (Wildman–Crippen MR) is 91.7 cm³/mol. The standard InChI is InChI=1S/C18H17N3O4/c1-2-10-21-17(23)13-7-4-3-6-12(13)16(20-21)18(24)25-11-15(22)14-8-5-9-19-14/h3-9,19H,2,10-11H2,1H3. The normalized spacial score (nSPS) is 10.8. The molecule has 0 fully saturated rings. The molecule has 128 valence electrons. The van der Waals surface area contributed by atoms with Gasteiger partial charge in [-0.25, -0.2) is 9.48 Å². The second-order valence-corrected chi connectivity index (χ2v) is 5.51. The van der Waals surface area contributed by atoms with Gasteiger partial charge in [-0.15, -0.1) is 0 Å². The van der Waals surface area contributed by atoms with Gasteiger partial charge < -0.3 is 9.72 Å². The number of fused-ring (bicyclic) bond motifs is 1. The van der Waals surface area contributed by atoms with Crippen molar-refractivity contribution in [2.75, 3.05) is 6.61 Å². The quantitative estimate of drug-likeness (QED) is 0.549. The van der Waals surface area contributed by atoms with Gasteiger partial charge in [-0.05, 0) is 24.6 Å². The lowest BCUT2D eigenvalue weighted by molar-refractivity contribution is 0.0467. The average Bonchev–Trinajstić information content (AvgIpc) is 3.17. The van der Waals surface area contributed by atoms with E-state index in [2.05, 4.69) is 10.1 Å². The molecule has 0 saturated heterocycles. The molecule has 0 unspecified atom stereocenters. The number of benzene rings is 1. The number of H-pyrrole nitrogens is 1. The first kappa shape index (κ1) is 16.6. The van der Waals surface area contributed by atoms with Crippen LogP contribution in [0.1, 0.15) is 34.3 Å². The van der Waals surface area contributed by atoms with E-state index in [-0.39, 0.29) is 17.0 Å². The van der Waals surface area contributed by atoms with Gasteiger partial charge in [0.15, 0.2) is 12.3 Å². The Morgan fingerprint density at radius 2 is 1.92 bits per heavy atom. The molecule has 0 aliphatic carbocycles. The van der Waals surface area contributed by atoms with Gasteiger partial charge in [0, 0.05) is 18.1 Å². The zero-order chi connectivity index (χ0) is 17.8. The molecule has 1 N–H and O–H groups in total. The first-order chi connectivity index (χ1) is 12.1. The lowest BCUT2D eigenvalue weighted by Gasteiger charge is -2.10. The Morgan fingerprint density at radius 3 is 2.60 bits per heavy atom. The molecule has 7 nitrogen and oxygen atoms in total. The molecule has 25 heavy (non-hydrogen) atoms. The van der Waals surface area contributed by atoms with E-state index in [1.54, 1.807) is 42.6 Å². The SMILES string of the molecule is CCCn1nc(C(=O)OCC(=O)c2ccc[nH]2)c2ccccc2c1=O. The van der Waals surface area contributed by atoms with E-state index in [1.807, 2.05) is 6.92 Å². The third-order valence-electron chi connectivity index (χ3n) is 3.73. The number of ether oxygens (including phenoxy) is 1. The number of aromatic nitrogens is 3. The van der Waals surface area contributed by atoms with Crippen molar-refractivity contribution in [1.82, 2.24) is 14.8 Å². The van der Waals surface area contributed by atoms with Gasteiger partial charge in [-0.1, -0.05) is 25.1 Å². The van der Waals surface area contributed by atoms with Gasteiger partial charge in [0.2, 0.25) is 5.78 Å². The van der Waals surface area contributed by atoms with Gasteiger partial charge in [-0.2, -0.15) is 5.10 Å². The van der Waals surface area contributed by atoms with Crippen LogP contribution in [0.5, 0.6) is 0 Å². The van der Waals surface area contributed by atoms with Crippen molar-refractivity contribution in [2.24, 2.45) is 0 Å². The summed E-state index contributed by atoms with van der Waals surface area (Å²) < 4.78 is 6.36. The Labute approximate surface area is 143 Å². The number of hydrogen-bond acceptors (Lipinski definition) is 5. The maximum atomic E-state index is 12.4. The van der Waals surface area contributed by atoms with E-state index < -0.39 is 12.6 Å². The second-order valence-electron chi connectivity index (χ2n) is 5.51. The molecular formula is C18H17N3O4. The number of esters is 1. The first-order valence-electron chi connectivity index (χ1n) is 7.95. The fourth-order valence-electron chi connectivity index (χ4n) is 2.53. The summed E-state index contributed by atoms with van der Waals surface area (Å²) in [5.41, 5.74) is 0.140. The second kappa shape index (κ2) is 7.12. The molecule has 3 rings (SSSR count). The molecule has 0 bridgehead atoms. The molecule has 0 radical (unpaired) electrons. The van der Waals surface area contributed by atoms with Gasteiger partial charge in [0.25, 0.3) is 5.56 Å². The summed E-state index contributed by atoms with van der Waals surface area (Å²) in [6.07, 6.45) is 2.32. The van der Waals surface area contributed by atoms with E-state index in [9.17, 15) is 14.4 Å². The number of Topliss-reactive ketones (excluding diaryl/α,β-unsaturated/α-hetero) is 1. The summed E-state index contributed by atoms with van der Waals surface area (Å²) in [6.45, 7) is 1.91. The molecule has 3 aromatic rings. The monoisotopic (exact) mass is 339 g/mol. The Morgan fingerprint density at radius 1 is 1.16 bits per heavy atom. The molecule has 2 aromatic heterocycles. The summed E-state index contributed by atoms with van der Waals surface area (Å²) in [4.78, 5) is 39.5. The van der Waals surface area contributed by atoms with Gasteiger partial charge in [0.1, 0.15) is 0 Å². The number of aryl methyl sites for hydroxylation is 1. The van der Waals surface area contributed by atoms with E-state index >= 15 is 0 Å². The first-order valence-corrected chi connectivity index (χ1v) is 7.95. The van der Waals surface area contributed by atoms with Crippen molar-refractivity contribution in [3.8, 4) is 0 Å². The fraction of sp³-hybridized carbons (Fsp3) is 0.222. The van der Waals surface area contributed by atoms with Crippen LogP contribution in [-0.2, 0) is 11.3 Å². The molecule has 0 saturated carbocycles. The van der Waals surface area contributed by atoms with Crippen LogP contribution in [0.4, 0.5) is 0 Å². The van der Waals surface area contributed by atoms with Crippen molar-refractivity contribution in [3.05, 3.63) is 64.3 Å². The van der Waals surface area contributed by atoms with E-state index in [0.717, 1.165) is 0 Å². The Balaban J connectivity index is 1.91. The maximum Gasteiger partial charge on any atom is 0.359 e. The minimum absolute atomic E-state index is 0.0305. The minimum Gasteiger partial charge on any atom is -0.452 e. The molecule has 0 atom stereocenters. The van der Waals surface area contributed by atoms with Crippen molar-refractivity contribution in [2.45, 2.75) is 19.9 Å². The van der Waals surface area contributed by atoms with Crippen LogP contribution in [0.15, 0.2) is 47.4 Å². The highest BCUT2D eigenvalue weighted by atomic mass is 16.5.